The lowest BCUT2D eigenvalue weighted by Gasteiger charge is -2.33. The average molecular weight is 244 g/mol. The number of ether oxygens (including phenoxy) is 2. The first kappa shape index (κ1) is 13.9. The highest BCUT2D eigenvalue weighted by Gasteiger charge is 2.31. The monoisotopic (exact) mass is 244 g/mol. The lowest BCUT2D eigenvalue weighted by atomic mass is 10.2. The third kappa shape index (κ3) is 4.32. The van der Waals surface area contributed by atoms with Crippen LogP contribution in [-0.4, -0.2) is 62.3 Å². The van der Waals surface area contributed by atoms with Gasteiger partial charge in [0.2, 0.25) is 5.91 Å². The number of morpholine rings is 1. The predicted molar refractivity (Wildman–Crippen MR) is 61.5 cm³/mol. The molecule has 0 aromatic rings. The molecule has 1 rings (SSSR count). The van der Waals surface area contributed by atoms with Crippen molar-refractivity contribution in [3.63, 3.8) is 0 Å². The van der Waals surface area contributed by atoms with Crippen molar-refractivity contribution in [2.75, 3.05) is 33.4 Å². The van der Waals surface area contributed by atoms with Gasteiger partial charge in [0, 0.05) is 12.6 Å². The second-order valence-electron chi connectivity index (χ2n) is 4.31. The summed E-state index contributed by atoms with van der Waals surface area (Å²) in [5.74, 6) is -0.446. The molecule has 0 aromatic carbocycles. The van der Waals surface area contributed by atoms with Crippen LogP contribution in [0.15, 0.2) is 0 Å². The Hall–Kier alpha value is -1.14. The molecule has 0 aliphatic carbocycles. The maximum Gasteiger partial charge on any atom is 0.325 e. The number of hydrogen-bond acceptors (Lipinski definition) is 5. The molecule has 98 valence electrons. The number of nitrogens with zero attached hydrogens (tertiary/aromatic N) is 1. The van der Waals surface area contributed by atoms with E-state index >= 15 is 0 Å². The Kier molecular flexibility index (Phi) is 5.37. The standard InChI is InChI=1S/C11H20N2O4/c1-8(2)12-10(14)6-13-4-5-17-7-9(13)11(15)16-3/h8-9H,4-7H2,1-3H3,(H,12,14). The van der Waals surface area contributed by atoms with Gasteiger partial charge in [-0.05, 0) is 13.8 Å². The van der Waals surface area contributed by atoms with Gasteiger partial charge in [-0.1, -0.05) is 0 Å². The van der Waals surface area contributed by atoms with Crippen molar-refractivity contribution in [1.82, 2.24) is 10.2 Å². The Bertz CT molecular complexity index is 281. The smallest absolute Gasteiger partial charge is 0.325 e. The van der Waals surface area contributed by atoms with Crippen molar-refractivity contribution in [3.05, 3.63) is 0 Å². The lowest BCUT2D eigenvalue weighted by Crippen LogP contribution is -2.53. The van der Waals surface area contributed by atoms with Crippen LogP contribution in [0.3, 0.4) is 0 Å². The maximum absolute atomic E-state index is 11.6. The van der Waals surface area contributed by atoms with E-state index in [9.17, 15) is 9.59 Å². The van der Waals surface area contributed by atoms with E-state index in [0.29, 0.717) is 13.2 Å². The van der Waals surface area contributed by atoms with Gasteiger partial charge in [-0.3, -0.25) is 14.5 Å². The SMILES string of the molecule is COC(=O)C1COCCN1CC(=O)NC(C)C. The minimum atomic E-state index is -0.480. The van der Waals surface area contributed by atoms with Crippen molar-refractivity contribution in [2.24, 2.45) is 0 Å². The van der Waals surface area contributed by atoms with Gasteiger partial charge < -0.3 is 14.8 Å². The molecule has 1 fully saturated rings. The van der Waals surface area contributed by atoms with Gasteiger partial charge in [0.15, 0.2) is 0 Å². The quantitative estimate of drug-likeness (QED) is 0.668. The molecule has 1 N–H and O–H groups in total. The topological polar surface area (TPSA) is 67.9 Å². The lowest BCUT2D eigenvalue weighted by molar-refractivity contribution is -0.154. The van der Waals surface area contributed by atoms with Gasteiger partial charge in [-0.2, -0.15) is 0 Å². The molecule has 0 saturated carbocycles. The average Bonchev–Trinajstić information content (AvgIpc) is 2.27. The molecular formula is C11H20N2O4. The van der Waals surface area contributed by atoms with Crippen LogP contribution in [0, 0.1) is 0 Å². The van der Waals surface area contributed by atoms with Crippen LogP contribution in [0.25, 0.3) is 0 Å². The molecule has 1 unspecified atom stereocenters. The normalized spacial score (nSPS) is 21.3. The molecule has 0 bridgehead atoms. The highest BCUT2D eigenvalue weighted by molar-refractivity contribution is 5.80. The molecule has 1 aliphatic rings. The third-order valence-corrected chi connectivity index (χ3v) is 2.51. The first-order chi connectivity index (χ1) is 8.04. The van der Waals surface area contributed by atoms with Crippen molar-refractivity contribution in [1.29, 1.82) is 0 Å². The second kappa shape index (κ2) is 6.56. The zero-order valence-electron chi connectivity index (χ0n) is 10.6. The molecule has 6 nitrogen and oxygen atoms in total. The molecule has 1 atom stereocenters. The molecule has 1 amide bonds. The molecule has 0 radical (unpaired) electrons. The summed E-state index contributed by atoms with van der Waals surface area (Å²) in [5.41, 5.74) is 0. The molecule has 1 heterocycles. The Balaban J connectivity index is 2.53. The number of esters is 1. The van der Waals surface area contributed by atoms with Crippen molar-refractivity contribution in [2.45, 2.75) is 25.9 Å². The summed E-state index contributed by atoms with van der Waals surface area (Å²) in [4.78, 5) is 24.9. The van der Waals surface area contributed by atoms with Crippen molar-refractivity contribution >= 4 is 11.9 Å². The van der Waals surface area contributed by atoms with Crippen LogP contribution in [-0.2, 0) is 19.1 Å². The number of amides is 1. The van der Waals surface area contributed by atoms with E-state index < -0.39 is 6.04 Å². The van der Waals surface area contributed by atoms with Gasteiger partial charge in [-0.25, -0.2) is 0 Å². The van der Waals surface area contributed by atoms with Gasteiger partial charge in [0.1, 0.15) is 6.04 Å². The first-order valence-electron chi connectivity index (χ1n) is 5.73. The molecule has 0 aromatic heterocycles. The summed E-state index contributed by atoms with van der Waals surface area (Å²) in [6, 6.07) is -0.383. The van der Waals surface area contributed by atoms with Gasteiger partial charge in [0.25, 0.3) is 0 Å². The summed E-state index contributed by atoms with van der Waals surface area (Å²) in [5, 5.41) is 2.79. The number of methoxy groups -OCH3 is 1. The van der Waals surface area contributed by atoms with Crippen LogP contribution >= 0.6 is 0 Å². The van der Waals surface area contributed by atoms with E-state index in [4.69, 9.17) is 9.47 Å². The predicted octanol–water partition coefficient (Wildman–Crippen LogP) is -0.615. The summed E-state index contributed by atoms with van der Waals surface area (Å²) in [6.07, 6.45) is 0. The van der Waals surface area contributed by atoms with Crippen LogP contribution in [0.2, 0.25) is 0 Å². The zero-order valence-corrected chi connectivity index (χ0v) is 10.6. The zero-order chi connectivity index (χ0) is 12.8. The fourth-order valence-electron chi connectivity index (χ4n) is 1.73. The van der Waals surface area contributed by atoms with E-state index in [1.807, 2.05) is 13.8 Å². The molecule has 17 heavy (non-hydrogen) atoms. The summed E-state index contributed by atoms with van der Waals surface area (Å²) in [6.45, 7) is 5.36. The minimum absolute atomic E-state index is 0.0872. The maximum atomic E-state index is 11.6. The second-order valence-corrected chi connectivity index (χ2v) is 4.31. The van der Waals surface area contributed by atoms with Crippen LogP contribution in [0.4, 0.5) is 0 Å². The molecular weight excluding hydrogens is 224 g/mol. The fraction of sp³-hybridized carbons (Fsp3) is 0.818. The number of carbonyl (C=O) groups is 2. The van der Waals surface area contributed by atoms with Gasteiger partial charge in [0.05, 0.1) is 26.9 Å². The van der Waals surface area contributed by atoms with Crippen LogP contribution in [0.1, 0.15) is 13.8 Å². The first-order valence-corrected chi connectivity index (χ1v) is 5.73. The van der Waals surface area contributed by atoms with Gasteiger partial charge >= 0.3 is 5.97 Å². The fourth-order valence-corrected chi connectivity index (χ4v) is 1.73. The van der Waals surface area contributed by atoms with E-state index in [0.717, 1.165) is 0 Å². The molecule has 0 spiro atoms. The number of rotatable bonds is 4. The van der Waals surface area contributed by atoms with E-state index in [-0.39, 0.29) is 31.1 Å². The third-order valence-electron chi connectivity index (χ3n) is 2.51. The minimum Gasteiger partial charge on any atom is -0.468 e. The highest BCUT2D eigenvalue weighted by atomic mass is 16.5. The number of carbonyl (C=O) groups excluding carboxylic acids is 2. The molecule has 1 aliphatic heterocycles. The van der Waals surface area contributed by atoms with Crippen molar-refractivity contribution < 1.29 is 19.1 Å². The Morgan fingerprint density at radius 3 is 2.82 bits per heavy atom. The number of nitrogens with one attached hydrogen (secondary N) is 1. The summed E-state index contributed by atoms with van der Waals surface area (Å²) in [7, 11) is 1.34. The van der Waals surface area contributed by atoms with Crippen molar-refractivity contribution in [3.8, 4) is 0 Å². The Morgan fingerprint density at radius 1 is 1.53 bits per heavy atom. The molecule has 1 saturated heterocycles. The Morgan fingerprint density at radius 2 is 2.24 bits per heavy atom. The summed E-state index contributed by atoms with van der Waals surface area (Å²) >= 11 is 0. The van der Waals surface area contributed by atoms with Crippen LogP contribution in [0.5, 0.6) is 0 Å². The van der Waals surface area contributed by atoms with E-state index in [1.165, 1.54) is 7.11 Å². The highest BCUT2D eigenvalue weighted by Crippen LogP contribution is 2.08. The van der Waals surface area contributed by atoms with Gasteiger partial charge in [-0.15, -0.1) is 0 Å². The summed E-state index contributed by atoms with van der Waals surface area (Å²) < 4.78 is 9.91. The van der Waals surface area contributed by atoms with E-state index in [2.05, 4.69) is 5.32 Å². The van der Waals surface area contributed by atoms with E-state index in [1.54, 1.807) is 4.90 Å². The van der Waals surface area contributed by atoms with Crippen LogP contribution < -0.4 is 5.32 Å². The molecule has 6 heteroatoms. The largest absolute Gasteiger partial charge is 0.468 e. The Labute approximate surface area is 101 Å². The number of hydrogen-bond donors (Lipinski definition) is 1.